The summed E-state index contributed by atoms with van der Waals surface area (Å²) < 4.78 is 42.1. The normalized spacial score (nSPS) is 12.1. The number of hydrogen-bond acceptors (Lipinski definition) is 4. The Labute approximate surface area is 180 Å². The van der Waals surface area contributed by atoms with Crippen molar-refractivity contribution in [1.82, 2.24) is 19.6 Å². The second-order valence-electron chi connectivity index (χ2n) is 7.85. The molecule has 4 aromatic rings. The first-order valence-corrected chi connectivity index (χ1v) is 9.88. The molecule has 0 saturated heterocycles. The number of rotatable bonds is 4. The third-order valence-corrected chi connectivity index (χ3v) is 5.19. The number of benzene rings is 2. The standard InChI is InChI=1S/C22H20F3N5O2/c1-12(2)20-17-9-14(22(23,24)25)4-6-16(17)21(32)30(28-20)11-19(31)27-15-5-7-18-13(8-15)10-26-29(18)3/h4-10,12H,11H2,1-3H3,(H,27,31). The van der Waals surface area contributed by atoms with Crippen LogP contribution in [0.5, 0.6) is 0 Å². The van der Waals surface area contributed by atoms with Gasteiger partial charge in [0.05, 0.1) is 28.4 Å². The van der Waals surface area contributed by atoms with Crippen LogP contribution in [0.4, 0.5) is 18.9 Å². The van der Waals surface area contributed by atoms with E-state index in [1.54, 1.807) is 36.9 Å². The fourth-order valence-corrected chi connectivity index (χ4v) is 3.60. The summed E-state index contributed by atoms with van der Waals surface area (Å²) in [5, 5.41) is 12.2. The maximum absolute atomic E-state index is 13.1. The molecule has 1 N–H and O–H groups in total. The minimum Gasteiger partial charge on any atom is -0.324 e. The molecule has 0 aliphatic carbocycles. The molecule has 0 unspecified atom stereocenters. The van der Waals surface area contributed by atoms with Crippen molar-refractivity contribution in [3.63, 3.8) is 0 Å². The number of nitrogens with zero attached hydrogens (tertiary/aromatic N) is 4. The Hall–Kier alpha value is -3.69. The lowest BCUT2D eigenvalue weighted by Crippen LogP contribution is -2.31. The molecule has 4 rings (SSSR count). The van der Waals surface area contributed by atoms with Crippen molar-refractivity contribution >= 4 is 33.3 Å². The van der Waals surface area contributed by atoms with Crippen LogP contribution in [0.1, 0.15) is 31.0 Å². The van der Waals surface area contributed by atoms with E-state index < -0.39 is 23.2 Å². The van der Waals surface area contributed by atoms with E-state index in [2.05, 4.69) is 15.5 Å². The second-order valence-corrected chi connectivity index (χ2v) is 7.85. The fourth-order valence-electron chi connectivity index (χ4n) is 3.60. The van der Waals surface area contributed by atoms with Gasteiger partial charge in [0.2, 0.25) is 5.91 Å². The molecule has 0 atom stereocenters. The number of aryl methyl sites for hydroxylation is 1. The molecule has 0 fully saturated rings. The molecule has 10 heteroatoms. The predicted molar refractivity (Wildman–Crippen MR) is 114 cm³/mol. The number of carbonyl (C=O) groups is 1. The number of hydrogen-bond donors (Lipinski definition) is 1. The number of aromatic nitrogens is 4. The lowest BCUT2D eigenvalue weighted by atomic mass is 10.0. The topological polar surface area (TPSA) is 81.8 Å². The third kappa shape index (κ3) is 3.95. The van der Waals surface area contributed by atoms with Crippen LogP contribution in [0.15, 0.2) is 47.4 Å². The van der Waals surface area contributed by atoms with Gasteiger partial charge in [-0.25, -0.2) is 4.68 Å². The van der Waals surface area contributed by atoms with Gasteiger partial charge >= 0.3 is 6.18 Å². The van der Waals surface area contributed by atoms with E-state index in [0.717, 1.165) is 33.8 Å². The van der Waals surface area contributed by atoms with Gasteiger partial charge in [0.15, 0.2) is 0 Å². The minimum absolute atomic E-state index is 0.0845. The second kappa shape index (κ2) is 7.77. The number of anilines is 1. The van der Waals surface area contributed by atoms with E-state index in [0.29, 0.717) is 11.4 Å². The summed E-state index contributed by atoms with van der Waals surface area (Å²) in [5.74, 6) is -0.743. The van der Waals surface area contributed by atoms with Crippen LogP contribution in [-0.2, 0) is 24.6 Å². The van der Waals surface area contributed by atoms with Crippen LogP contribution < -0.4 is 10.9 Å². The number of halogens is 3. The highest BCUT2D eigenvalue weighted by molar-refractivity contribution is 5.93. The maximum atomic E-state index is 13.1. The lowest BCUT2D eigenvalue weighted by molar-refractivity contribution is -0.137. The number of nitrogens with one attached hydrogen (secondary N) is 1. The Kier molecular flexibility index (Phi) is 5.23. The van der Waals surface area contributed by atoms with Crippen LogP contribution in [0, 0.1) is 0 Å². The highest BCUT2D eigenvalue weighted by atomic mass is 19.4. The Balaban J connectivity index is 1.67. The molecule has 166 valence electrons. The molecule has 0 aliphatic rings. The Morgan fingerprint density at radius 1 is 1.12 bits per heavy atom. The van der Waals surface area contributed by atoms with E-state index in [4.69, 9.17) is 0 Å². The average Bonchev–Trinajstić information content (AvgIpc) is 3.09. The molecule has 7 nitrogen and oxygen atoms in total. The Bertz CT molecular complexity index is 1400. The van der Waals surface area contributed by atoms with Crippen molar-refractivity contribution in [2.75, 3.05) is 5.32 Å². The summed E-state index contributed by atoms with van der Waals surface area (Å²) in [6, 6.07) is 8.23. The van der Waals surface area contributed by atoms with E-state index in [1.807, 2.05) is 13.1 Å². The molecule has 2 aromatic heterocycles. The van der Waals surface area contributed by atoms with Crippen molar-refractivity contribution in [3.8, 4) is 0 Å². The highest BCUT2D eigenvalue weighted by Gasteiger charge is 2.31. The van der Waals surface area contributed by atoms with Gasteiger partial charge in [-0.15, -0.1) is 0 Å². The summed E-state index contributed by atoms with van der Waals surface area (Å²) >= 11 is 0. The lowest BCUT2D eigenvalue weighted by Gasteiger charge is -2.15. The SMILES string of the molecule is CC(C)c1nn(CC(=O)Nc2ccc3c(cnn3C)c2)c(=O)c2ccc(C(F)(F)F)cc12. The van der Waals surface area contributed by atoms with E-state index >= 15 is 0 Å². The van der Waals surface area contributed by atoms with Gasteiger partial charge < -0.3 is 5.32 Å². The first-order valence-electron chi connectivity index (χ1n) is 9.88. The van der Waals surface area contributed by atoms with E-state index in [1.165, 1.54) is 0 Å². The summed E-state index contributed by atoms with van der Waals surface area (Å²) in [6.07, 6.45) is -2.86. The zero-order valence-electron chi connectivity index (χ0n) is 17.6. The molecule has 0 spiro atoms. The molecule has 32 heavy (non-hydrogen) atoms. The largest absolute Gasteiger partial charge is 0.416 e. The first kappa shape index (κ1) is 21.5. The van der Waals surface area contributed by atoms with Crippen molar-refractivity contribution < 1.29 is 18.0 Å². The fraction of sp³-hybridized carbons (Fsp3) is 0.273. The van der Waals surface area contributed by atoms with E-state index in [9.17, 15) is 22.8 Å². The Morgan fingerprint density at radius 2 is 1.88 bits per heavy atom. The summed E-state index contributed by atoms with van der Waals surface area (Å²) in [6.45, 7) is 3.15. The quantitative estimate of drug-likeness (QED) is 0.516. The first-order chi connectivity index (χ1) is 15.0. The number of carbonyl (C=O) groups excluding carboxylic acids is 1. The van der Waals surface area contributed by atoms with E-state index in [-0.39, 0.29) is 23.2 Å². The van der Waals surface area contributed by atoms with Crippen LogP contribution in [0.2, 0.25) is 0 Å². The summed E-state index contributed by atoms with van der Waals surface area (Å²) in [4.78, 5) is 25.5. The zero-order valence-corrected chi connectivity index (χ0v) is 17.6. The van der Waals surface area contributed by atoms with Crippen LogP contribution in [0.25, 0.3) is 21.7 Å². The molecule has 2 heterocycles. The van der Waals surface area contributed by atoms with Gasteiger partial charge in [-0.05, 0) is 42.3 Å². The van der Waals surface area contributed by atoms with Crippen LogP contribution in [-0.4, -0.2) is 25.5 Å². The van der Waals surface area contributed by atoms with Gasteiger partial charge in [0, 0.05) is 23.5 Å². The van der Waals surface area contributed by atoms with Crippen molar-refractivity contribution in [3.05, 3.63) is 64.2 Å². The third-order valence-electron chi connectivity index (χ3n) is 5.19. The predicted octanol–water partition coefficient (Wildman–Crippen LogP) is 4.06. The molecule has 0 radical (unpaired) electrons. The smallest absolute Gasteiger partial charge is 0.324 e. The van der Waals surface area contributed by atoms with Gasteiger partial charge in [-0.2, -0.15) is 23.4 Å². The van der Waals surface area contributed by atoms with Crippen molar-refractivity contribution in [2.24, 2.45) is 7.05 Å². The number of fused-ring (bicyclic) bond motifs is 2. The minimum atomic E-state index is -4.54. The van der Waals surface area contributed by atoms with Crippen LogP contribution >= 0.6 is 0 Å². The molecule has 0 bridgehead atoms. The monoisotopic (exact) mass is 443 g/mol. The summed E-state index contributed by atoms with van der Waals surface area (Å²) in [7, 11) is 1.81. The molecule has 1 amide bonds. The molecular weight excluding hydrogens is 423 g/mol. The maximum Gasteiger partial charge on any atom is 0.416 e. The van der Waals surface area contributed by atoms with Gasteiger partial charge in [-0.1, -0.05) is 13.8 Å². The van der Waals surface area contributed by atoms with Crippen molar-refractivity contribution in [1.29, 1.82) is 0 Å². The van der Waals surface area contributed by atoms with Gasteiger partial charge in [0.25, 0.3) is 5.56 Å². The molecule has 2 aromatic carbocycles. The zero-order chi connectivity index (χ0) is 23.2. The molecular formula is C22H20F3N5O2. The summed E-state index contributed by atoms with van der Waals surface area (Å²) in [5.41, 5.74) is 0.263. The highest BCUT2D eigenvalue weighted by Crippen LogP contribution is 2.32. The number of alkyl halides is 3. The number of amides is 1. The molecule has 0 aliphatic heterocycles. The van der Waals surface area contributed by atoms with Crippen LogP contribution in [0.3, 0.4) is 0 Å². The van der Waals surface area contributed by atoms with Gasteiger partial charge in [-0.3, -0.25) is 14.3 Å². The Morgan fingerprint density at radius 3 is 2.56 bits per heavy atom. The van der Waals surface area contributed by atoms with Crippen molar-refractivity contribution in [2.45, 2.75) is 32.5 Å². The van der Waals surface area contributed by atoms with Gasteiger partial charge in [0.1, 0.15) is 6.54 Å². The molecule has 0 saturated carbocycles. The average molecular weight is 443 g/mol.